The third kappa shape index (κ3) is 6.70. The van der Waals surface area contributed by atoms with E-state index in [1.165, 1.54) is 6.21 Å². The number of benzene rings is 2. The van der Waals surface area contributed by atoms with Crippen LogP contribution >= 0.6 is 0 Å². The van der Waals surface area contributed by atoms with Crippen LogP contribution in [0, 0.1) is 0 Å². The van der Waals surface area contributed by atoms with Gasteiger partial charge in [-0.05, 0) is 47.5 Å². The minimum absolute atomic E-state index is 0.172. The summed E-state index contributed by atoms with van der Waals surface area (Å²) in [7, 11) is 0. The van der Waals surface area contributed by atoms with Gasteiger partial charge in [0.15, 0.2) is 6.61 Å². The summed E-state index contributed by atoms with van der Waals surface area (Å²) < 4.78 is 10.5. The van der Waals surface area contributed by atoms with E-state index < -0.39 is 5.91 Å². The first-order valence-corrected chi connectivity index (χ1v) is 9.34. The Kier molecular flexibility index (Phi) is 7.32. The van der Waals surface area contributed by atoms with Gasteiger partial charge in [-0.2, -0.15) is 5.10 Å². The molecule has 1 saturated heterocycles. The zero-order chi connectivity index (χ0) is 20.5. The number of ether oxygens (including phenoxy) is 2. The highest BCUT2D eigenvalue weighted by Gasteiger charge is 2.11. The molecule has 2 aromatic rings. The SMILES string of the molecule is NC(=O)COc1ccc(/C=N/NC(=O)c2ccc(CN3CCOCC3)cc2)cc1. The van der Waals surface area contributed by atoms with Gasteiger partial charge in [0, 0.05) is 25.2 Å². The summed E-state index contributed by atoms with van der Waals surface area (Å²) in [4.78, 5) is 25.2. The lowest BCUT2D eigenvalue weighted by Crippen LogP contribution is -2.35. The summed E-state index contributed by atoms with van der Waals surface area (Å²) >= 11 is 0. The predicted octanol–water partition coefficient (Wildman–Crippen LogP) is 1.15. The van der Waals surface area contributed by atoms with Gasteiger partial charge in [0.1, 0.15) is 5.75 Å². The third-order valence-electron chi connectivity index (χ3n) is 4.37. The smallest absolute Gasteiger partial charge is 0.271 e. The molecule has 0 unspecified atom stereocenters. The number of rotatable bonds is 8. The molecule has 1 aliphatic rings. The first kappa shape index (κ1) is 20.5. The Hall–Kier alpha value is -3.23. The van der Waals surface area contributed by atoms with Crippen molar-refractivity contribution in [3.05, 3.63) is 65.2 Å². The maximum absolute atomic E-state index is 12.2. The Balaban J connectivity index is 1.47. The Morgan fingerprint density at radius 3 is 2.45 bits per heavy atom. The van der Waals surface area contributed by atoms with Crippen LogP contribution in [0.2, 0.25) is 0 Å². The van der Waals surface area contributed by atoms with Gasteiger partial charge in [-0.3, -0.25) is 14.5 Å². The minimum atomic E-state index is -0.535. The van der Waals surface area contributed by atoms with E-state index >= 15 is 0 Å². The molecule has 152 valence electrons. The van der Waals surface area contributed by atoms with Gasteiger partial charge in [-0.25, -0.2) is 5.43 Å². The van der Waals surface area contributed by atoms with E-state index in [9.17, 15) is 9.59 Å². The summed E-state index contributed by atoms with van der Waals surface area (Å²) in [5.41, 5.74) is 10.0. The van der Waals surface area contributed by atoms with Gasteiger partial charge in [0.25, 0.3) is 11.8 Å². The van der Waals surface area contributed by atoms with E-state index in [0.717, 1.165) is 44.0 Å². The van der Waals surface area contributed by atoms with Gasteiger partial charge < -0.3 is 15.2 Å². The highest BCUT2D eigenvalue weighted by atomic mass is 16.5. The van der Waals surface area contributed by atoms with Crippen LogP contribution in [0.15, 0.2) is 53.6 Å². The molecular formula is C21H24N4O4. The Morgan fingerprint density at radius 1 is 1.10 bits per heavy atom. The molecule has 0 radical (unpaired) electrons. The molecule has 0 aliphatic carbocycles. The molecule has 8 heteroatoms. The third-order valence-corrected chi connectivity index (χ3v) is 4.37. The molecule has 2 aromatic carbocycles. The van der Waals surface area contributed by atoms with Crippen LogP contribution in [0.25, 0.3) is 0 Å². The number of morpholine rings is 1. The van der Waals surface area contributed by atoms with Crippen molar-refractivity contribution in [3.8, 4) is 5.75 Å². The number of primary amides is 1. The molecule has 0 aromatic heterocycles. The first-order chi connectivity index (χ1) is 14.1. The number of amides is 2. The van der Waals surface area contributed by atoms with Gasteiger partial charge in [-0.1, -0.05) is 12.1 Å². The maximum Gasteiger partial charge on any atom is 0.271 e. The zero-order valence-corrected chi connectivity index (χ0v) is 16.0. The zero-order valence-electron chi connectivity index (χ0n) is 16.0. The van der Waals surface area contributed by atoms with Crippen molar-refractivity contribution in [1.82, 2.24) is 10.3 Å². The summed E-state index contributed by atoms with van der Waals surface area (Å²) in [5, 5.41) is 3.98. The molecule has 29 heavy (non-hydrogen) atoms. The lowest BCUT2D eigenvalue weighted by Gasteiger charge is -2.26. The minimum Gasteiger partial charge on any atom is -0.484 e. The number of nitrogens with one attached hydrogen (secondary N) is 1. The number of nitrogens with zero attached hydrogens (tertiary/aromatic N) is 2. The number of hydrazone groups is 1. The fourth-order valence-corrected chi connectivity index (χ4v) is 2.81. The number of carbonyl (C=O) groups excluding carboxylic acids is 2. The fourth-order valence-electron chi connectivity index (χ4n) is 2.81. The number of hydrogen-bond donors (Lipinski definition) is 2. The van der Waals surface area contributed by atoms with Crippen molar-refractivity contribution in [3.63, 3.8) is 0 Å². The van der Waals surface area contributed by atoms with Crippen LogP contribution < -0.4 is 15.9 Å². The highest BCUT2D eigenvalue weighted by Crippen LogP contribution is 2.11. The van der Waals surface area contributed by atoms with E-state index in [-0.39, 0.29) is 12.5 Å². The molecule has 2 amide bonds. The Labute approximate surface area is 169 Å². The normalized spacial score (nSPS) is 14.6. The maximum atomic E-state index is 12.2. The molecule has 0 bridgehead atoms. The van der Waals surface area contributed by atoms with Gasteiger partial charge in [-0.15, -0.1) is 0 Å². The second-order valence-corrected chi connectivity index (χ2v) is 6.61. The topological polar surface area (TPSA) is 106 Å². The number of carbonyl (C=O) groups is 2. The van der Waals surface area contributed by atoms with Crippen molar-refractivity contribution in [2.75, 3.05) is 32.9 Å². The molecule has 3 rings (SSSR count). The monoisotopic (exact) mass is 396 g/mol. The molecule has 0 spiro atoms. The van der Waals surface area contributed by atoms with Crippen LogP contribution in [-0.4, -0.2) is 55.8 Å². The van der Waals surface area contributed by atoms with Crippen molar-refractivity contribution in [2.45, 2.75) is 6.54 Å². The van der Waals surface area contributed by atoms with E-state index in [1.807, 2.05) is 12.1 Å². The standard InChI is InChI=1S/C21H24N4O4/c22-20(26)15-29-19-7-3-16(4-8-19)13-23-24-21(27)18-5-1-17(2-6-18)14-25-9-11-28-12-10-25/h1-8,13H,9-12,14-15H2,(H2,22,26)(H,24,27)/b23-13+. The van der Waals surface area contributed by atoms with Gasteiger partial charge >= 0.3 is 0 Å². The quantitative estimate of drug-likeness (QED) is 0.514. The van der Waals surface area contributed by atoms with Crippen LogP contribution in [0.5, 0.6) is 5.75 Å². The van der Waals surface area contributed by atoms with Crippen molar-refractivity contribution in [1.29, 1.82) is 0 Å². The van der Waals surface area contributed by atoms with Gasteiger partial charge in [0.2, 0.25) is 0 Å². The van der Waals surface area contributed by atoms with Crippen molar-refractivity contribution >= 4 is 18.0 Å². The second-order valence-electron chi connectivity index (χ2n) is 6.61. The van der Waals surface area contributed by atoms with Crippen molar-refractivity contribution < 1.29 is 19.1 Å². The van der Waals surface area contributed by atoms with Crippen molar-refractivity contribution in [2.24, 2.45) is 10.8 Å². The fraction of sp³-hybridized carbons (Fsp3) is 0.286. The Bertz CT molecular complexity index is 844. The largest absolute Gasteiger partial charge is 0.484 e. The van der Waals surface area contributed by atoms with Crippen LogP contribution in [-0.2, 0) is 16.1 Å². The highest BCUT2D eigenvalue weighted by molar-refractivity contribution is 5.94. The van der Waals surface area contributed by atoms with E-state index in [2.05, 4.69) is 15.4 Å². The average molecular weight is 396 g/mol. The second kappa shape index (κ2) is 10.4. The lowest BCUT2D eigenvalue weighted by molar-refractivity contribution is -0.119. The van der Waals surface area contributed by atoms with Crippen LogP contribution in [0.1, 0.15) is 21.5 Å². The van der Waals surface area contributed by atoms with E-state index in [1.54, 1.807) is 36.4 Å². The molecule has 1 heterocycles. The average Bonchev–Trinajstić information content (AvgIpc) is 2.74. The molecule has 0 atom stereocenters. The summed E-state index contributed by atoms with van der Waals surface area (Å²) in [6.45, 7) is 4.06. The number of nitrogens with two attached hydrogens (primary N) is 1. The molecule has 0 saturated carbocycles. The molecule has 3 N–H and O–H groups in total. The molecular weight excluding hydrogens is 372 g/mol. The molecule has 1 aliphatic heterocycles. The van der Waals surface area contributed by atoms with Crippen LogP contribution in [0.3, 0.4) is 0 Å². The summed E-state index contributed by atoms with van der Waals surface area (Å²) in [5.74, 6) is -0.282. The first-order valence-electron chi connectivity index (χ1n) is 9.34. The lowest BCUT2D eigenvalue weighted by atomic mass is 10.1. The van der Waals surface area contributed by atoms with E-state index in [0.29, 0.717) is 11.3 Å². The molecule has 8 nitrogen and oxygen atoms in total. The predicted molar refractivity (Wildman–Crippen MR) is 109 cm³/mol. The van der Waals surface area contributed by atoms with Crippen LogP contribution in [0.4, 0.5) is 0 Å². The molecule has 1 fully saturated rings. The summed E-state index contributed by atoms with van der Waals surface area (Å²) in [6, 6.07) is 14.4. The van der Waals surface area contributed by atoms with Gasteiger partial charge in [0.05, 0.1) is 19.4 Å². The number of hydrogen-bond acceptors (Lipinski definition) is 6. The van der Waals surface area contributed by atoms with E-state index in [4.69, 9.17) is 15.2 Å². The summed E-state index contributed by atoms with van der Waals surface area (Å²) in [6.07, 6.45) is 1.53. The Morgan fingerprint density at radius 2 is 1.79 bits per heavy atom.